The molecule has 0 aromatic heterocycles. The summed E-state index contributed by atoms with van der Waals surface area (Å²) in [5.41, 5.74) is 4.50. The lowest BCUT2D eigenvalue weighted by Crippen LogP contribution is -2.10. The first-order valence-electron chi connectivity index (χ1n) is 9.25. The Morgan fingerprint density at radius 1 is 0.769 bits per heavy atom. The van der Waals surface area contributed by atoms with Crippen molar-refractivity contribution in [1.82, 2.24) is 4.90 Å². The van der Waals surface area contributed by atoms with Crippen LogP contribution in [-0.2, 0) is 4.79 Å². The topological polar surface area (TPSA) is 20.3 Å². The van der Waals surface area contributed by atoms with E-state index >= 15 is 0 Å². The van der Waals surface area contributed by atoms with Gasteiger partial charge in [-0.1, -0.05) is 71.8 Å². The van der Waals surface area contributed by atoms with E-state index in [9.17, 15) is 4.79 Å². The molecule has 0 aliphatic carbocycles. The Morgan fingerprint density at radius 3 is 1.46 bits per heavy atom. The minimum absolute atomic E-state index is 0.00819. The number of allylic oxidation sites excluding steroid dienone is 2. The fraction of sp³-hybridized carbons (Fsp3) is 0.292. The third kappa shape index (κ3) is 7.62. The van der Waals surface area contributed by atoms with Crippen LogP contribution in [0.15, 0.2) is 60.7 Å². The zero-order chi connectivity index (χ0) is 18.8. The highest BCUT2D eigenvalue weighted by atomic mass is 16.1. The molecule has 1 heterocycles. The molecule has 1 aliphatic heterocycles. The Labute approximate surface area is 157 Å². The molecule has 0 radical (unpaired) electrons. The van der Waals surface area contributed by atoms with E-state index in [1.54, 1.807) is 12.2 Å². The summed E-state index contributed by atoms with van der Waals surface area (Å²) in [5.74, 6) is -0.00819. The number of benzene rings is 2. The predicted molar refractivity (Wildman–Crippen MR) is 112 cm³/mol. The van der Waals surface area contributed by atoms with E-state index in [4.69, 9.17) is 0 Å². The zero-order valence-corrected chi connectivity index (χ0v) is 16.1. The lowest BCUT2D eigenvalue weighted by atomic mass is 10.1. The molecule has 1 saturated heterocycles. The van der Waals surface area contributed by atoms with Crippen molar-refractivity contribution in [3.63, 3.8) is 0 Å². The van der Waals surface area contributed by atoms with E-state index in [-0.39, 0.29) is 5.78 Å². The van der Waals surface area contributed by atoms with Crippen molar-refractivity contribution < 1.29 is 4.79 Å². The van der Waals surface area contributed by atoms with Crippen molar-refractivity contribution in [2.75, 3.05) is 20.1 Å². The molecule has 0 atom stereocenters. The normalized spacial score (nSPS) is 14.6. The maximum Gasteiger partial charge on any atom is 0.178 e. The van der Waals surface area contributed by atoms with Crippen LogP contribution in [0.1, 0.15) is 35.1 Å². The summed E-state index contributed by atoms with van der Waals surface area (Å²) in [6.07, 6.45) is 9.68. The van der Waals surface area contributed by atoms with Gasteiger partial charge in [0.1, 0.15) is 0 Å². The van der Waals surface area contributed by atoms with Crippen LogP contribution >= 0.6 is 0 Å². The quantitative estimate of drug-likeness (QED) is 0.699. The fourth-order valence-corrected chi connectivity index (χ4v) is 2.64. The van der Waals surface area contributed by atoms with Crippen LogP contribution in [0, 0.1) is 13.8 Å². The SMILES string of the molecule is CN1CCCC1.Cc1ccc(C=CC(=O)C=Cc2ccc(C)cc2)cc1. The number of carbonyl (C=O) groups is 1. The highest BCUT2D eigenvalue weighted by Gasteiger charge is 2.03. The van der Waals surface area contributed by atoms with E-state index in [0.717, 1.165) is 11.1 Å². The van der Waals surface area contributed by atoms with Crippen LogP contribution in [0.3, 0.4) is 0 Å². The summed E-state index contributed by atoms with van der Waals surface area (Å²) in [7, 11) is 2.17. The van der Waals surface area contributed by atoms with Crippen LogP contribution in [0.5, 0.6) is 0 Å². The maximum absolute atomic E-state index is 11.7. The van der Waals surface area contributed by atoms with E-state index in [1.165, 1.54) is 37.1 Å². The molecule has 0 bridgehead atoms. The number of rotatable bonds is 4. The second-order valence-electron chi connectivity index (χ2n) is 6.90. The summed E-state index contributed by atoms with van der Waals surface area (Å²) in [4.78, 5) is 14.1. The van der Waals surface area contributed by atoms with Gasteiger partial charge in [-0.05, 0) is 70.1 Å². The first kappa shape index (κ1) is 19.9. The molecule has 26 heavy (non-hydrogen) atoms. The summed E-state index contributed by atoms with van der Waals surface area (Å²) < 4.78 is 0. The zero-order valence-electron chi connectivity index (χ0n) is 16.1. The highest BCUT2D eigenvalue weighted by Crippen LogP contribution is 2.07. The maximum atomic E-state index is 11.7. The molecule has 1 aliphatic rings. The third-order valence-corrected chi connectivity index (χ3v) is 4.36. The molecule has 2 aromatic carbocycles. The van der Waals surface area contributed by atoms with E-state index in [1.807, 2.05) is 74.5 Å². The molecule has 0 spiro atoms. The Bertz CT molecular complexity index is 675. The minimum atomic E-state index is -0.00819. The number of carbonyl (C=O) groups excluding carboxylic acids is 1. The van der Waals surface area contributed by atoms with Gasteiger partial charge >= 0.3 is 0 Å². The molecule has 0 amide bonds. The Kier molecular flexibility index (Phi) is 8.04. The van der Waals surface area contributed by atoms with Crippen LogP contribution in [0.2, 0.25) is 0 Å². The lowest BCUT2D eigenvalue weighted by molar-refractivity contribution is -0.110. The van der Waals surface area contributed by atoms with Gasteiger partial charge in [0.15, 0.2) is 5.78 Å². The smallest absolute Gasteiger partial charge is 0.178 e. The second-order valence-corrected chi connectivity index (χ2v) is 6.90. The molecular formula is C24H29NO. The predicted octanol–water partition coefficient (Wildman–Crippen LogP) is 5.31. The molecule has 3 rings (SSSR count). The van der Waals surface area contributed by atoms with Gasteiger partial charge in [-0.2, -0.15) is 0 Å². The van der Waals surface area contributed by atoms with Crippen LogP contribution in [0.4, 0.5) is 0 Å². The number of nitrogens with zero attached hydrogens (tertiary/aromatic N) is 1. The number of hydrogen-bond donors (Lipinski definition) is 0. The summed E-state index contributed by atoms with van der Waals surface area (Å²) in [5, 5.41) is 0. The number of likely N-dealkylation sites (tertiary alicyclic amines) is 1. The first-order chi connectivity index (χ1) is 12.5. The molecule has 2 aromatic rings. The van der Waals surface area contributed by atoms with E-state index in [0.29, 0.717) is 0 Å². The molecule has 1 fully saturated rings. The second kappa shape index (κ2) is 10.5. The van der Waals surface area contributed by atoms with Gasteiger partial charge in [0.05, 0.1) is 0 Å². The number of hydrogen-bond acceptors (Lipinski definition) is 2. The Balaban J connectivity index is 0.000000342. The van der Waals surface area contributed by atoms with Crippen molar-refractivity contribution in [3.8, 4) is 0 Å². The first-order valence-corrected chi connectivity index (χ1v) is 9.25. The largest absolute Gasteiger partial charge is 0.306 e. The van der Waals surface area contributed by atoms with Gasteiger partial charge in [-0.15, -0.1) is 0 Å². The van der Waals surface area contributed by atoms with Crippen molar-refractivity contribution in [2.45, 2.75) is 26.7 Å². The average molecular weight is 348 g/mol. The van der Waals surface area contributed by atoms with Crippen molar-refractivity contribution >= 4 is 17.9 Å². The van der Waals surface area contributed by atoms with Gasteiger partial charge in [0.2, 0.25) is 0 Å². The standard InChI is InChI=1S/C19H18O.C5H11N/c1-15-3-7-17(8-4-15)11-13-19(20)14-12-18-9-5-16(2)6-10-18;1-6-4-2-3-5-6/h3-14H,1-2H3;2-5H2,1H3. The van der Waals surface area contributed by atoms with Crippen molar-refractivity contribution in [3.05, 3.63) is 82.9 Å². The van der Waals surface area contributed by atoms with Gasteiger partial charge in [-0.3, -0.25) is 4.79 Å². The third-order valence-electron chi connectivity index (χ3n) is 4.36. The fourth-order valence-electron chi connectivity index (χ4n) is 2.64. The molecule has 0 N–H and O–H groups in total. The van der Waals surface area contributed by atoms with Crippen molar-refractivity contribution in [2.24, 2.45) is 0 Å². The van der Waals surface area contributed by atoms with E-state index < -0.39 is 0 Å². The van der Waals surface area contributed by atoms with Crippen LogP contribution < -0.4 is 0 Å². The van der Waals surface area contributed by atoms with Crippen LogP contribution in [0.25, 0.3) is 12.2 Å². The van der Waals surface area contributed by atoms with Crippen molar-refractivity contribution in [1.29, 1.82) is 0 Å². The van der Waals surface area contributed by atoms with Gasteiger partial charge in [0, 0.05) is 0 Å². The Hall–Kier alpha value is -2.45. The van der Waals surface area contributed by atoms with Crippen LogP contribution in [-0.4, -0.2) is 30.8 Å². The average Bonchev–Trinajstić information content (AvgIpc) is 3.12. The summed E-state index contributed by atoms with van der Waals surface area (Å²) >= 11 is 0. The van der Waals surface area contributed by atoms with Gasteiger partial charge < -0.3 is 4.90 Å². The van der Waals surface area contributed by atoms with E-state index in [2.05, 4.69) is 11.9 Å². The summed E-state index contributed by atoms with van der Waals surface area (Å²) in [6, 6.07) is 16.1. The number of aryl methyl sites for hydroxylation is 2. The number of ketones is 1. The molecule has 0 unspecified atom stereocenters. The minimum Gasteiger partial charge on any atom is -0.306 e. The monoisotopic (exact) mass is 347 g/mol. The summed E-state index contributed by atoms with van der Waals surface area (Å²) in [6.45, 7) is 6.73. The molecule has 2 nitrogen and oxygen atoms in total. The Morgan fingerprint density at radius 2 is 1.15 bits per heavy atom. The molecule has 2 heteroatoms. The molecule has 0 saturated carbocycles. The van der Waals surface area contributed by atoms with Gasteiger partial charge in [0.25, 0.3) is 0 Å². The highest BCUT2D eigenvalue weighted by molar-refractivity contribution is 6.04. The lowest BCUT2D eigenvalue weighted by Gasteiger charge is -2.01. The molecule has 136 valence electrons. The molecular weight excluding hydrogens is 318 g/mol. The van der Waals surface area contributed by atoms with Gasteiger partial charge in [-0.25, -0.2) is 0 Å².